The predicted molar refractivity (Wildman–Crippen MR) is 42.7 cm³/mol. The van der Waals surface area contributed by atoms with Gasteiger partial charge in [0.15, 0.2) is 0 Å². The van der Waals surface area contributed by atoms with Crippen LogP contribution in [0.2, 0.25) is 0 Å². The zero-order valence-corrected chi connectivity index (χ0v) is 6.88. The standard InChI is InChI=1S/C8H6O6/c9-7(10)13-14-8(11)12-6-4-2-1-3-5-6/h1-5H,(H,9,10). The highest BCUT2D eigenvalue weighted by atomic mass is 17.3. The second-order valence-corrected chi connectivity index (χ2v) is 2.10. The fourth-order valence-corrected chi connectivity index (χ4v) is 0.671. The van der Waals surface area contributed by atoms with Crippen molar-refractivity contribution in [2.75, 3.05) is 0 Å². The van der Waals surface area contributed by atoms with Crippen LogP contribution in [-0.2, 0) is 9.78 Å². The summed E-state index contributed by atoms with van der Waals surface area (Å²) >= 11 is 0. The van der Waals surface area contributed by atoms with Crippen LogP contribution in [0.5, 0.6) is 5.75 Å². The average molecular weight is 198 g/mol. The van der Waals surface area contributed by atoms with Crippen LogP contribution in [0.3, 0.4) is 0 Å². The van der Waals surface area contributed by atoms with Gasteiger partial charge in [0.2, 0.25) is 0 Å². The van der Waals surface area contributed by atoms with E-state index in [-0.39, 0.29) is 5.75 Å². The largest absolute Gasteiger partial charge is 0.555 e. The highest BCUT2D eigenvalue weighted by molar-refractivity contribution is 5.64. The molecule has 6 nitrogen and oxygen atoms in total. The van der Waals surface area contributed by atoms with Crippen molar-refractivity contribution in [3.8, 4) is 5.75 Å². The number of ether oxygens (including phenoxy) is 1. The van der Waals surface area contributed by atoms with Gasteiger partial charge in [-0.15, -0.1) is 0 Å². The summed E-state index contributed by atoms with van der Waals surface area (Å²) in [5.41, 5.74) is 0. The molecule has 0 heterocycles. The SMILES string of the molecule is O=C(O)OOC(=O)Oc1ccccc1. The summed E-state index contributed by atoms with van der Waals surface area (Å²) in [4.78, 5) is 27.7. The third kappa shape index (κ3) is 3.44. The second-order valence-electron chi connectivity index (χ2n) is 2.10. The van der Waals surface area contributed by atoms with E-state index in [1.807, 2.05) is 0 Å². The summed E-state index contributed by atoms with van der Waals surface area (Å²) in [7, 11) is 0. The Hall–Kier alpha value is -2.24. The summed E-state index contributed by atoms with van der Waals surface area (Å²) in [5.74, 6) is 0.228. The Bertz CT molecular complexity index is 320. The van der Waals surface area contributed by atoms with E-state index in [2.05, 4.69) is 14.5 Å². The summed E-state index contributed by atoms with van der Waals surface area (Å²) in [5, 5.41) is 7.97. The highest BCUT2D eigenvalue weighted by Crippen LogP contribution is 2.08. The first-order valence-corrected chi connectivity index (χ1v) is 3.53. The normalized spacial score (nSPS) is 8.86. The average Bonchev–Trinajstić information content (AvgIpc) is 2.16. The molecule has 0 atom stereocenters. The van der Waals surface area contributed by atoms with Crippen molar-refractivity contribution in [1.29, 1.82) is 0 Å². The van der Waals surface area contributed by atoms with Crippen LogP contribution in [-0.4, -0.2) is 17.4 Å². The number of rotatable bonds is 1. The van der Waals surface area contributed by atoms with E-state index < -0.39 is 12.3 Å². The molecular formula is C8H6O6. The third-order valence-corrected chi connectivity index (χ3v) is 1.13. The lowest BCUT2D eigenvalue weighted by molar-refractivity contribution is -0.205. The van der Waals surface area contributed by atoms with Crippen molar-refractivity contribution in [3.05, 3.63) is 30.3 Å². The van der Waals surface area contributed by atoms with Crippen LogP contribution in [0.25, 0.3) is 0 Å². The van der Waals surface area contributed by atoms with Crippen LogP contribution < -0.4 is 4.74 Å². The predicted octanol–water partition coefficient (Wildman–Crippen LogP) is 1.81. The van der Waals surface area contributed by atoms with Crippen molar-refractivity contribution < 1.29 is 29.2 Å². The number of benzene rings is 1. The van der Waals surface area contributed by atoms with Crippen molar-refractivity contribution in [3.63, 3.8) is 0 Å². The molecule has 1 N–H and O–H groups in total. The van der Waals surface area contributed by atoms with E-state index in [1.165, 1.54) is 12.1 Å². The number of carbonyl (C=O) groups excluding carboxylic acids is 1. The van der Waals surface area contributed by atoms with E-state index in [1.54, 1.807) is 18.2 Å². The molecule has 0 saturated heterocycles. The Labute approximate surface area is 78.5 Å². The fourth-order valence-electron chi connectivity index (χ4n) is 0.671. The number of hydrogen-bond donors (Lipinski definition) is 1. The van der Waals surface area contributed by atoms with E-state index in [9.17, 15) is 9.59 Å². The Morgan fingerprint density at radius 3 is 2.29 bits per heavy atom. The van der Waals surface area contributed by atoms with Crippen LogP contribution in [0, 0.1) is 0 Å². The van der Waals surface area contributed by atoms with Crippen LogP contribution >= 0.6 is 0 Å². The number of para-hydroxylation sites is 1. The van der Waals surface area contributed by atoms with E-state index in [4.69, 9.17) is 5.11 Å². The Balaban J connectivity index is 2.38. The number of carboxylic acid groups (broad SMARTS) is 1. The van der Waals surface area contributed by atoms with Crippen LogP contribution in [0.4, 0.5) is 9.59 Å². The quantitative estimate of drug-likeness (QED) is 0.320. The monoisotopic (exact) mass is 198 g/mol. The molecule has 0 bridgehead atoms. The summed E-state index contributed by atoms with van der Waals surface area (Å²) in [6.45, 7) is 0. The van der Waals surface area contributed by atoms with Gasteiger partial charge in [-0.3, -0.25) is 0 Å². The summed E-state index contributed by atoms with van der Waals surface area (Å²) < 4.78 is 4.52. The Morgan fingerprint density at radius 2 is 1.71 bits per heavy atom. The van der Waals surface area contributed by atoms with Crippen molar-refractivity contribution >= 4 is 12.3 Å². The second kappa shape index (κ2) is 4.70. The first kappa shape index (κ1) is 9.85. The molecule has 0 saturated carbocycles. The Morgan fingerprint density at radius 1 is 1.07 bits per heavy atom. The minimum absolute atomic E-state index is 0.228. The number of hydrogen-bond acceptors (Lipinski definition) is 5. The first-order valence-electron chi connectivity index (χ1n) is 3.53. The topological polar surface area (TPSA) is 82.1 Å². The van der Waals surface area contributed by atoms with Crippen LogP contribution in [0.1, 0.15) is 0 Å². The van der Waals surface area contributed by atoms with E-state index >= 15 is 0 Å². The maximum absolute atomic E-state index is 10.7. The fraction of sp³-hybridized carbons (Fsp3) is 0. The molecule has 74 valence electrons. The lowest BCUT2D eigenvalue weighted by Crippen LogP contribution is -2.13. The van der Waals surface area contributed by atoms with Crippen LogP contribution in [0.15, 0.2) is 30.3 Å². The lowest BCUT2D eigenvalue weighted by Gasteiger charge is -2.00. The maximum atomic E-state index is 10.7. The maximum Gasteiger partial charge on any atom is 0.555 e. The highest BCUT2D eigenvalue weighted by Gasteiger charge is 2.09. The Kier molecular flexibility index (Phi) is 3.31. The van der Waals surface area contributed by atoms with Gasteiger partial charge in [-0.1, -0.05) is 18.2 Å². The molecule has 0 aliphatic rings. The van der Waals surface area contributed by atoms with Gasteiger partial charge in [0.25, 0.3) is 0 Å². The van der Waals surface area contributed by atoms with E-state index in [0.29, 0.717) is 0 Å². The molecular weight excluding hydrogens is 192 g/mol. The minimum Gasteiger partial charge on any atom is -0.447 e. The molecule has 1 aromatic rings. The smallest absolute Gasteiger partial charge is 0.447 e. The van der Waals surface area contributed by atoms with Gasteiger partial charge in [0, 0.05) is 0 Å². The van der Waals surface area contributed by atoms with E-state index in [0.717, 1.165) is 0 Å². The molecule has 0 radical (unpaired) electrons. The summed E-state index contributed by atoms with van der Waals surface area (Å²) in [6.07, 6.45) is -2.98. The van der Waals surface area contributed by atoms with Gasteiger partial charge < -0.3 is 9.84 Å². The summed E-state index contributed by atoms with van der Waals surface area (Å²) in [6, 6.07) is 8.01. The molecule has 0 amide bonds. The molecule has 0 unspecified atom stereocenters. The molecule has 14 heavy (non-hydrogen) atoms. The number of carbonyl (C=O) groups is 2. The van der Waals surface area contributed by atoms with Crippen molar-refractivity contribution in [1.82, 2.24) is 0 Å². The zero-order chi connectivity index (χ0) is 10.4. The lowest BCUT2D eigenvalue weighted by atomic mass is 10.3. The zero-order valence-electron chi connectivity index (χ0n) is 6.88. The molecule has 1 aromatic carbocycles. The molecule has 0 aliphatic heterocycles. The minimum atomic E-state index is -1.73. The first-order chi connectivity index (χ1) is 6.68. The van der Waals surface area contributed by atoms with Gasteiger partial charge in [0.05, 0.1) is 0 Å². The van der Waals surface area contributed by atoms with Gasteiger partial charge >= 0.3 is 12.3 Å². The molecule has 6 heteroatoms. The molecule has 0 aromatic heterocycles. The van der Waals surface area contributed by atoms with Gasteiger partial charge in [-0.2, -0.15) is 9.68 Å². The molecule has 1 rings (SSSR count). The van der Waals surface area contributed by atoms with Crippen molar-refractivity contribution in [2.45, 2.75) is 0 Å². The molecule has 0 aliphatic carbocycles. The van der Waals surface area contributed by atoms with Gasteiger partial charge in [0.1, 0.15) is 5.75 Å². The van der Waals surface area contributed by atoms with Crippen molar-refractivity contribution in [2.24, 2.45) is 0 Å². The molecule has 0 spiro atoms. The third-order valence-electron chi connectivity index (χ3n) is 1.13. The van der Waals surface area contributed by atoms with Gasteiger partial charge in [-0.25, -0.2) is 9.68 Å². The van der Waals surface area contributed by atoms with Gasteiger partial charge in [-0.05, 0) is 12.1 Å². The molecule has 0 fully saturated rings.